The van der Waals surface area contributed by atoms with Crippen molar-refractivity contribution in [3.8, 4) is 0 Å². The van der Waals surface area contributed by atoms with E-state index in [9.17, 15) is 4.79 Å². The van der Waals surface area contributed by atoms with Gasteiger partial charge in [0.25, 0.3) is 0 Å². The Labute approximate surface area is 106 Å². The van der Waals surface area contributed by atoms with Crippen LogP contribution in [0.1, 0.15) is 12.8 Å². The van der Waals surface area contributed by atoms with Gasteiger partial charge < -0.3 is 20.4 Å². The normalized spacial score (nSPS) is 11.2. The zero-order chi connectivity index (χ0) is 13.3. The van der Waals surface area contributed by atoms with Gasteiger partial charge in [-0.25, -0.2) is 0 Å². The number of amides is 1. The Morgan fingerprint density at radius 2 is 1.29 bits per heavy atom. The number of nitrogens with zero attached hydrogens (tertiary/aromatic N) is 3. The van der Waals surface area contributed by atoms with Gasteiger partial charge in [-0.1, -0.05) is 0 Å². The zero-order valence-corrected chi connectivity index (χ0v) is 11.8. The molecule has 0 rings (SSSR count). The average Bonchev–Trinajstić information content (AvgIpc) is 2.25. The SMILES string of the molecule is CN(C)CCCN(CCCN(C)C)C(=O)CN. The molecule has 0 atom stereocenters. The number of hydrogen-bond acceptors (Lipinski definition) is 4. The Hall–Kier alpha value is -0.650. The van der Waals surface area contributed by atoms with E-state index < -0.39 is 0 Å². The predicted molar refractivity (Wildman–Crippen MR) is 72.0 cm³/mol. The van der Waals surface area contributed by atoms with Gasteiger partial charge in [-0.15, -0.1) is 0 Å². The highest BCUT2D eigenvalue weighted by Gasteiger charge is 2.10. The third-order valence-electron chi connectivity index (χ3n) is 2.59. The van der Waals surface area contributed by atoms with Crippen molar-refractivity contribution in [2.45, 2.75) is 12.8 Å². The van der Waals surface area contributed by atoms with E-state index in [0.29, 0.717) is 0 Å². The summed E-state index contributed by atoms with van der Waals surface area (Å²) >= 11 is 0. The Balaban J connectivity index is 3.93. The van der Waals surface area contributed by atoms with E-state index in [2.05, 4.69) is 9.80 Å². The predicted octanol–water partition coefficient (Wildman–Crippen LogP) is -0.323. The van der Waals surface area contributed by atoms with Gasteiger partial charge >= 0.3 is 0 Å². The van der Waals surface area contributed by atoms with Crippen LogP contribution in [0.2, 0.25) is 0 Å². The van der Waals surface area contributed by atoms with E-state index in [0.717, 1.165) is 39.0 Å². The minimum absolute atomic E-state index is 0.0579. The minimum Gasteiger partial charge on any atom is -0.342 e. The average molecular weight is 244 g/mol. The molecule has 0 aliphatic carbocycles. The summed E-state index contributed by atoms with van der Waals surface area (Å²) in [4.78, 5) is 17.8. The fourth-order valence-electron chi connectivity index (χ4n) is 1.65. The molecule has 0 spiro atoms. The molecule has 102 valence electrons. The molecule has 0 aromatic carbocycles. The lowest BCUT2D eigenvalue weighted by molar-refractivity contribution is -0.129. The third-order valence-corrected chi connectivity index (χ3v) is 2.59. The lowest BCUT2D eigenvalue weighted by Crippen LogP contribution is -2.39. The molecule has 0 fully saturated rings. The van der Waals surface area contributed by atoms with E-state index in [-0.39, 0.29) is 12.5 Å². The van der Waals surface area contributed by atoms with Crippen molar-refractivity contribution in [1.29, 1.82) is 0 Å². The molecule has 0 aromatic rings. The highest BCUT2D eigenvalue weighted by atomic mass is 16.2. The maximum atomic E-state index is 11.6. The first kappa shape index (κ1) is 16.4. The fraction of sp³-hybridized carbons (Fsp3) is 0.917. The highest BCUT2D eigenvalue weighted by molar-refractivity contribution is 5.77. The van der Waals surface area contributed by atoms with E-state index in [4.69, 9.17) is 5.73 Å². The molecule has 5 nitrogen and oxygen atoms in total. The van der Waals surface area contributed by atoms with Gasteiger partial charge in [-0.05, 0) is 54.1 Å². The smallest absolute Gasteiger partial charge is 0.236 e. The summed E-state index contributed by atoms with van der Waals surface area (Å²) in [5, 5.41) is 0. The van der Waals surface area contributed by atoms with Crippen molar-refractivity contribution >= 4 is 5.91 Å². The van der Waals surface area contributed by atoms with Crippen molar-refractivity contribution < 1.29 is 4.79 Å². The minimum atomic E-state index is 0.0579. The molecule has 0 unspecified atom stereocenters. The summed E-state index contributed by atoms with van der Waals surface area (Å²) in [7, 11) is 8.17. The van der Waals surface area contributed by atoms with Crippen LogP contribution < -0.4 is 5.73 Å². The Kier molecular flexibility index (Phi) is 9.03. The first-order valence-electron chi connectivity index (χ1n) is 6.24. The summed E-state index contributed by atoms with van der Waals surface area (Å²) in [6.07, 6.45) is 2.00. The summed E-state index contributed by atoms with van der Waals surface area (Å²) < 4.78 is 0. The number of nitrogens with two attached hydrogens (primary N) is 1. The van der Waals surface area contributed by atoms with Crippen LogP contribution >= 0.6 is 0 Å². The number of carbonyl (C=O) groups excluding carboxylic acids is 1. The van der Waals surface area contributed by atoms with E-state index >= 15 is 0 Å². The van der Waals surface area contributed by atoms with Gasteiger partial charge in [0, 0.05) is 13.1 Å². The molecule has 0 heterocycles. The summed E-state index contributed by atoms with van der Waals surface area (Å²) in [5.74, 6) is 0.0579. The molecule has 0 aliphatic rings. The first-order chi connectivity index (χ1) is 7.97. The van der Waals surface area contributed by atoms with Crippen molar-refractivity contribution in [3.05, 3.63) is 0 Å². The maximum absolute atomic E-state index is 11.6. The highest BCUT2D eigenvalue weighted by Crippen LogP contribution is 1.97. The molecule has 17 heavy (non-hydrogen) atoms. The van der Waals surface area contributed by atoms with Crippen molar-refractivity contribution in [1.82, 2.24) is 14.7 Å². The van der Waals surface area contributed by atoms with Gasteiger partial charge in [-0.2, -0.15) is 0 Å². The molecule has 5 heteroatoms. The summed E-state index contributed by atoms with van der Waals surface area (Å²) in [6.45, 7) is 3.73. The summed E-state index contributed by atoms with van der Waals surface area (Å²) in [6, 6.07) is 0. The molecule has 0 saturated heterocycles. The van der Waals surface area contributed by atoms with Crippen molar-refractivity contribution in [2.24, 2.45) is 5.73 Å². The Morgan fingerprint density at radius 3 is 1.59 bits per heavy atom. The maximum Gasteiger partial charge on any atom is 0.236 e. The van der Waals surface area contributed by atoms with Gasteiger partial charge in [0.2, 0.25) is 5.91 Å². The van der Waals surface area contributed by atoms with Crippen LogP contribution in [0.3, 0.4) is 0 Å². The molecule has 0 aliphatic heterocycles. The molecule has 0 radical (unpaired) electrons. The Bertz CT molecular complexity index is 193. The largest absolute Gasteiger partial charge is 0.342 e. The van der Waals surface area contributed by atoms with Crippen LogP contribution in [0, 0.1) is 0 Å². The monoisotopic (exact) mass is 244 g/mol. The number of carbonyl (C=O) groups is 1. The molecule has 0 bridgehead atoms. The molecular formula is C12H28N4O. The quantitative estimate of drug-likeness (QED) is 0.604. The molecule has 2 N–H and O–H groups in total. The molecule has 0 aromatic heterocycles. The molecular weight excluding hydrogens is 216 g/mol. The lowest BCUT2D eigenvalue weighted by Gasteiger charge is -2.23. The van der Waals surface area contributed by atoms with Gasteiger partial charge in [0.1, 0.15) is 0 Å². The topological polar surface area (TPSA) is 52.8 Å². The zero-order valence-electron chi connectivity index (χ0n) is 11.8. The second-order valence-electron chi connectivity index (χ2n) is 4.90. The van der Waals surface area contributed by atoms with E-state index in [1.165, 1.54) is 0 Å². The summed E-state index contributed by atoms with van der Waals surface area (Å²) in [5.41, 5.74) is 5.42. The molecule has 1 amide bonds. The standard InChI is InChI=1S/C12H28N4O/c1-14(2)7-5-9-16(12(17)11-13)10-6-8-15(3)4/h5-11,13H2,1-4H3. The third kappa shape index (κ3) is 9.09. The van der Waals surface area contributed by atoms with E-state index in [1.54, 1.807) is 0 Å². The van der Waals surface area contributed by atoms with Gasteiger partial charge in [0.05, 0.1) is 6.54 Å². The van der Waals surface area contributed by atoms with Crippen molar-refractivity contribution in [3.63, 3.8) is 0 Å². The fourth-order valence-corrected chi connectivity index (χ4v) is 1.65. The van der Waals surface area contributed by atoms with Crippen LogP contribution in [0.4, 0.5) is 0 Å². The van der Waals surface area contributed by atoms with Crippen LogP contribution in [-0.2, 0) is 4.79 Å². The lowest BCUT2D eigenvalue weighted by atomic mass is 10.3. The molecule has 0 saturated carbocycles. The first-order valence-corrected chi connectivity index (χ1v) is 6.24. The van der Waals surface area contributed by atoms with Crippen LogP contribution in [0.15, 0.2) is 0 Å². The van der Waals surface area contributed by atoms with Crippen LogP contribution in [0.25, 0.3) is 0 Å². The van der Waals surface area contributed by atoms with Gasteiger partial charge in [0.15, 0.2) is 0 Å². The van der Waals surface area contributed by atoms with Crippen molar-refractivity contribution in [2.75, 3.05) is 60.9 Å². The second kappa shape index (κ2) is 9.39. The van der Waals surface area contributed by atoms with Crippen LogP contribution in [-0.4, -0.2) is 81.5 Å². The van der Waals surface area contributed by atoms with Crippen LogP contribution in [0.5, 0.6) is 0 Å². The van der Waals surface area contributed by atoms with Gasteiger partial charge in [-0.3, -0.25) is 4.79 Å². The second-order valence-corrected chi connectivity index (χ2v) is 4.90. The van der Waals surface area contributed by atoms with E-state index in [1.807, 2.05) is 33.1 Å². The Morgan fingerprint density at radius 1 is 0.882 bits per heavy atom. The number of hydrogen-bond donors (Lipinski definition) is 1. The number of rotatable bonds is 9.